The molecule has 1 heterocycles. The zero-order valence-electron chi connectivity index (χ0n) is 12.7. The standard InChI is InChI=1S/C15H26FN3/c1-6-7-12(4)19(5)15-14(16)13(8-9-17-15)10-18-11(2)3/h8-9,11-12,18H,6-7,10H2,1-5H3. The predicted octanol–water partition coefficient (Wildman–Crippen LogP) is 3.34. The van der Waals surface area contributed by atoms with Crippen LogP contribution in [0.3, 0.4) is 0 Å². The minimum absolute atomic E-state index is 0.207. The van der Waals surface area contributed by atoms with Crippen LogP contribution >= 0.6 is 0 Å². The van der Waals surface area contributed by atoms with Gasteiger partial charge in [-0.3, -0.25) is 0 Å². The first-order valence-electron chi connectivity index (χ1n) is 7.07. The van der Waals surface area contributed by atoms with Crippen molar-refractivity contribution in [1.82, 2.24) is 10.3 Å². The zero-order chi connectivity index (χ0) is 14.4. The molecule has 3 nitrogen and oxygen atoms in total. The van der Waals surface area contributed by atoms with Crippen LogP contribution < -0.4 is 10.2 Å². The molecule has 1 atom stereocenters. The van der Waals surface area contributed by atoms with Crippen LogP contribution in [0.4, 0.5) is 10.2 Å². The monoisotopic (exact) mass is 267 g/mol. The lowest BCUT2D eigenvalue weighted by atomic mass is 10.1. The third-order valence-electron chi connectivity index (χ3n) is 3.35. The van der Waals surface area contributed by atoms with Gasteiger partial charge in [0, 0.05) is 37.4 Å². The van der Waals surface area contributed by atoms with Crippen molar-refractivity contribution in [1.29, 1.82) is 0 Å². The van der Waals surface area contributed by atoms with Crippen molar-refractivity contribution in [3.05, 3.63) is 23.6 Å². The molecule has 0 bridgehead atoms. The van der Waals surface area contributed by atoms with Crippen molar-refractivity contribution in [2.45, 2.75) is 59.2 Å². The molecule has 1 N–H and O–H groups in total. The number of halogens is 1. The average molecular weight is 267 g/mol. The topological polar surface area (TPSA) is 28.2 Å². The first-order valence-corrected chi connectivity index (χ1v) is 7.07. The van der Waals surface area contributed by atoms with E-state index in [0.717, 1.165) is 12.8 Å². The van der Waals surface area contributed by atoms with Gasteiger partial charge in [0.2, 0.25) is 0 Å². The summed E-state index contributed by atoms with van der Waals surface area (Å²) in [7, 11) is 1.91. The Bertz CT molecular complexity index is 393. The fraction of sp³-hybridized carbons (Fsp3) is 0.667. The molecular formula is C15H26FN3. The summed E-state index contributed by atoms with van der Waals surface area (Å²) in [6.45, 7) is 8.88. The van der Waals surface area contributed by atoms with E-state index in [1.165, 1.54) is 0 Å². The van der Waals surface area contributed by atoms with Crippen LogP contribution in [-0.2, 0) is 6.54 Å². The second kappa shape index (κ2) is 7.43. The van der Waals surface area contributed by atoms with E-state index in [9.17, 15) is 4.39 Å². The van der Waals surface area contributed by atoms with E-state index < -0.39 is 0 Å². The fourth-order valence-corrected chi connectivity index (χ4v) is 1.99. The van der Waals surface area contributed by atoms with Crippen LogP contribution in [0.1, 0.15) is 46.1 Å². The average Bonchev–Trinajstić information content (AvgIpc) is 2.37. The summed E-state index contributed by atoms with van der Waals surface area (Å²) in [5.74, 6) is 0.241. The number of anilines is 1. The normalized spacial score (nSPS) is 12.8. The fourth-order valence-electron chi connectivity index (χ4n) is 1.99. The third-order valence-corrected chi connectivity index (χ3v) is 3.35. The molecule has 0 radical (unpaired) electrons. The molecule has 4 heteroatoms. The SMILES string of the molecule is CCCC(C)N(C)c1nccc(CNC(C)C)c1F. The van der Waals surface area contributed by atoms with Gasteiger partial charge in [0.25, 0.3) is 0 Å². The highest BCUT2D eigenvalue weighted by atomic mass is 19.1. The summed E-state index contributed by atoms with van der Waals surface area (Å²) >= 11 is 0. The molecule has 1 rings (SSSR count). The van der Waals surface area contributed by atoms with Crippen LogP contribution in [0, 0.1) is 5.82 Å². The van der Waals surface area contributed by atoms with E-state index in [1.807, 2.05) is 11.9 Å². The Kier molecular flexibility index (Phi) is 6.22. The lowest BCUT2D eigenvalue weighted by molar-refractivity contribution is 0.538. The van der Waals surface area contributed by atoms with E-state index in [4.69, 9.17) is 0 Å². The summed E-state index contributed by atoms with van der Waals surface area (Å²) in [5.41, 5.74) is 0.675. The van der Waals surface area contributed by atoms with E-state index >= 15 is 0 Å². The van der Waals surface area contributed by atoms with Gasteiger partial charge < -0.3 is 10.2 Å². The summed E-state index contributed by atoms with van der Waals surface area (Å²) in [5, 5.41) is 3.24. The number of nitrogens with zero attached hydrogens (tertiary/aromatic N) is 2. The quantitative estimate of drug-likeness (QED) is 0.821. The minimum Gasteiger partial charge on any atom is -0.355 e. The molecule has 0 fully saturated rings. The Balaban J connectivity index is 2.87. The van der Waals surface area contributed by atoms with Gasteiger partial charge in [-0.05, 0) is 19.4 Å². The van der Waals surface area contributed by atoms with Crippen molar-refractivity contribution in [3.8, 4) is 0 Å². The Morgan fingerprint density at radius 3 is 2.63 bits per heavy atom. The summed E-state index contributed by atoms with van der Waals surface area (Å²) < 4.78 is 14.4. The van der Waals surface area contributed by atoms with Gasteiger partial charge in [-0.1, -0.05) is 27.2 Å². The molecule has 0 aliphatic heterocycles. The zero-order valence-corrected chi connectivity index (χ0v) is 12.7. The molecule has 1 aromatic rings. The van der Waals surface area contributed by atoms with Gasteiger partial charge >= 0.3 is 0 Å². The van der Waals surface area contributed by atoms with Crippen molar-refractivity contribution in [3.63, 3.8) is 0 Å². The van der Waals surface area contributed by atoms with Gasteiger partial charge in [0.05, 0.1) is 0 Å². The van der Waals surface area contributed by atoms with Crippen LogP contribution in [-0.4, -0.2) is 24.1 Å². The van der Waals surface area contributed by atoms with Crippen LogP contribution in [0.2, 0.25) is 0 Å². The second-order valence-corrected chi connectivity index (χ2v) is 5.39. The molecule has 0 aliphatic rings. The molecule has 19 heavy (non-hydrogen) atoms. The molecule has 0 saturated carbocycles. The highest BCUT2D eigenvalue weighted by molar-refractivity contribution is 5.43. The van der Waals surface area contributed by atoms with E-state index in [2.05, 4.69) is 38.0 Å². The first-order chi connectivity index (χ1) is 8.97. The number of hydrogen-bond donors (Lipinski definition) is 1. The van der Waals surface area contributed by atoms with Crippen molar-refractivity contribution < 1.29 is 4.39 Å². The molecule has 0 saturated heterocycles. The van der Waals surface area contributed by atoms with Gasteiger partial charge in [-0.15, -0.1) is 0 Å². The Morgan fingerprint density at radius 2 is 2.05 bits per heavy atom. The molecule has 0 amide bonds. The number of aromatic nitrogens is 1. The van der Waals surface area contributed by atoms with E-state index in [0.29, 0.717) is 30.0 Å². The highest BCUT2D eigenvalue weighted by Crippen LogP contribution is 2.21. The van der Waals surface area contributed by atoms with Crippen molar-refractivity contribution in [2.24, 2.45) is 0 Å². The number of rotatable bonds is 7. The second-order valence-electron chi connectivity index (χ2n) is 5.39. The highest BCUT2D eigenvalue weighted by Gasteiger charge is 2.17. The molecule has 0 aliphatic carbocycles. The van der Waals surface area contributed by atoms with Crippen molar-refractivity contribution in [2.75, 3.05) is 11.9 Å². The Hall–Kier alpha value is -1.16. The Labute approximate surface area is 116 Å². The smallest absolute Gasteiger partial charge is 0.170 e. The molecule has 108 valence electrons. The molecular weight excluding hydrogens is 241 g/mol. The third kappa shape index (κ3) is 4.46. The predicted molar refractivity (Wildman–Crippen MR) is 78.9 cm³/mol. The van der Waals surface area contributed by atoms with Crippen LogP contribution in [0.15, 0.2) is 12.3 Å². The summed E-state index contributed by atoms with van der Waals surface area (Å²) in [4.78, 5) is 6.12. The van der Waals surface area contributed by atoms with Gasteiger partial charge in [-0.2, -0.15) is 0 Å². The summed E-state index contributed by atoms with van der Waals surface area (Å²) in [6.07, 6.45) is 3.80. The number of nitrogens with one attached hydrogen (secondary N) is 1. The van der Waals surface area contributed by atoms with Gasteiger partial charge in [0.15, 0.2) is 11.6 Å². The largest absolute Gasteiger partial charge is 0.355 e. The molecule has 1 unspecified atom stereocenters. The number of hydrogen-bond acceptors (Lipinski definition) is 3. The number of pyridine rings is 1. The molecule has 0 aromatic carbocycles. The maximum absolute atomic E-state index is 14.4. The Morgan fingerprint density at radius 1 is 1.37 bits per heavy atom. The van der Waals surface area contributed by atoms with Gasteiger partial charge in [0.1, 0.15) is 0 Å². The minimum atomic E-state index is -0.207. The first kappa shape index (κ1) is 15.9. The molecule has 1 aromatic heterocycles. The van der Waals surface area contributed by atoms with Crippen molar-refractivity contribution >= 4 is 5.82 Å². The summed E-state index contributed by atoms with van der Waals surface area (Å²) in [6, 6.07) is 2.38. The molecule has 0 spiro atoms. The van der Waals surface area contributed by atoms with Crippen LogP contribution in [0.5, 0.6) is 0 Å². The maximum Gasteiger partial charge on any atom is 0.170 e. The van der Waals surface area contributed by atoms with Gasteiger partial charge in [-0.25, -0.2) is 9.37 Å². The van der Waals surface area contributed by atoms with E-state index in [-0.39, 0.29) is 5.82 Å². The van der Waals surface area contributed by atoms with Crippen LogP contribution in [0.25, 0.3) is 0 Å². The maximum atomic E-state index is 14.4. The van der Waals surface area contributed by atoms with E-state index in [1.54, 1.807) is 12.3 Å². The lowest BCUT2D eigenvalue weighted by Crippen LogP contribution is -2.31. The lowest BCUT2D eigenvalue weighted by Gasteiger charge is -2.26.